The molecule has 0 spiro atoms. The first kappa shape index (κ1) is 24.5. The van der Waals surface area contributed by atoms with E-state index in [4.69, 9.17) is 5.41 Å². The van der Waals surface area contributed by atoms with E-state index >= 15 is 0 Å². The maximum Gasteiger partial charge on any atom is 0.296 e. The monoisotopic (exact) mass is 494 g/mol. The number of ether oxygens (including phenoxy) is 1. The topological polar surface area (TPSA) is 89.2 Å². The summed E-state index contributed by atoms with van der Waals surface area (Å²) in [6.07, 6.45) is 0. The van der Waals surface area contributed by atoms with Gasteiger partial charge in [0.25, 0.3) is 5.92 Å². The number of nitrogens with zero attached hydrogens (tertiary/aromatic N) is 2. The summed E-state index contributed by atoms with van der Waals surface area (Å²) < 4.78 is 33.2. The third-order valence-electron chi connectivity index (χ3n) is 6.30. The molecule has 1 fully saturated rings. The first-order valence-electron chi connectivity index (χ1n) is 10.8. The van der Waals surface area contributed by atoms with Crippen LogP contribution in [0, 0.1) is 16.7 Å². The number of hydrogen-bond acceptors (Lipinski definition) is 5. The second-order valence-corrected chi connectivity index (χ2v) is 9.57. The minimum absolute atomic E-state index is 0.0431. The molecule has 9 heteroatoms. The van der Waals surface area contributed by atoms with Crippen LogP contribution in [0.5, 0.6) is 0 Å². The van der Waals surface area contributed by atoms with Gasteiger partial charge in [0, 0.05) is 24.6 Å². The fourth-order valence-corrected chi connectivity index (χ4v) is 5.41. The number of rotatable bonds is 6. The molecule has 180 valence electrons. The van der Waals surface area contributed by atoms with Crippen LogP contribution in [-0.4, -0.2) is 37.5 Å². The highest BCUT2D eigenvalue weighted by atomic mass is 32.1. The molecule has 6 nitrogen and oxygen atoms in total. The Kier molecular flexibility index (Phi) is 6.45. The van der Waals surface area contributed by atoms with Crippen molar-refractivity contribution in [2.24, 2.45) is 0 Å². The van der Waals surface area contributed by atoms with Gasteiger partial charge in [-0.1, -0.05) is 36.4 Å². The normalized spacial score (nSPS) is 20.5. The summed E-state index contributed by atoms with van der Waals surface area (Å²) in [5.41, 5.74) is 1.66. The van der Waals surface area contributed by atoms with Gasteiger partial charge in [-0.05, 0) is 47.2 Å². The molecule has 2 N–H and O–H groups in total. The number of benzene rings is 2. The minimum Gasteiger partial charge on any atom is -0.378 e. The maximum absolute atomic E-state index is 14.3. The van der Waals surface area contributed by atoms with Crippen molar-refractivity contribution in [3.63, 3.8) is 0 Å². The van der Waals surface area contributed by atoms with Gasteiger partial charge in [0.1, 0.15) is 6.61 Å². The molecule has 1 aliphatic heterocycles. The molecule has 0 radical (unpaired) electrons. The Morgan fingerprint density at radius 1 is 1.23 bits per heavy atom. The number of carbonyl (C=O) groups excluding carboxylic acids is 1. The second-order valence-electron chi connectivity index (χ2n) is 8.66. The Morgan fingerprint density at radius 3 is 2.60 bits per heavy atom. The number of likely N-dealkylation sites (N-methyl/N-ethyl adjacent to an activating group) is 1. The lowest BCUT2D eigenvalue weighted by Crippen LogP contribution is -2.62. The highest BCUT2D eigenvalue weighted by Gasteiger charge is 2.49. The van der Waals surface area contributed by atoms with Crippen LogP contribution >= 0.6 is 11.3 Å². The van der Waals surface area contributed by atoms with E-state index in [0.717, 1.165) is 16.0 Å². The molecule has 0 bridgehead atoms. The molecule has 1 aliphatic rings. The number of methoxy groups -OCH3 is 1. The molecule has 35 heavy (non-hydrogen) atoms. The van der Waals surface area contributed by atoms with E-state index < -0.39 is 24.0 Å². The van der Waals surface area contributed by atoms with Crippen LogP contribution in [0.25, 0.3) is 11.1 Å². The third-order valence-corrected chi connectivity index (χ3v) is 7.46. The number of carbonyl (C=O) groups is 1. The van der Waals surface area contributed by atoms with Crippen LogP contribution in [0.2, 0.25) is 0 Å². The van der Waals surface area contributed by atoms with Crippen LogP contribution in [0.15, 0.2) is 60.0 Å². The zero-order chi connectivity index (χ0) is 25.4. The van der Waals surface area contributed by atoms with Crippen molar-refractivity contribution in [2.45, 2.75) is 24.3 Å². The average molecular weight is 495 g/mol. The van der Waals surface area contributed by atoms with Crippen molar-refractivity contribution < 1.29 is 18.3 Å². The van der Waals surface area contributed by atoms with Gasteiger partial charge in [-0.2, -0.15) is 14.0 Å². The van der Waals surface area contributed by atoms with E-state index in [-0.39, 0.29) is 17.4 Å². The molecule has 4 rings (SSSR count). The van der Waals surface area contributed by atoms with Crippen LogP contribution in [0.1, 0.15) is 34.4 Å². The summed E-state index contributed by atoms with van der Waals surface area (Å²) in [6.45, 7) is 1.10. The molecule has 1 saturated heterocycles. The molecule has 1 amide bonds. The van der Waals surface area contributed by atoms with E-state index in [1.54, 1.807) is 12.1 Å². The molecular formula is C26H24F2N4O2S. The lowest BCUT2D eigenvalue weighted by Gasteiger charge is -2.45. The van der Waals surface area contributed by atoms with Crippen molar-refractivity contribution in [2.75, 3.05) is 20.8 Å². The van der Waals surface area contributed by atoms with Gasteiger partial charge in [-0.25, -0.2) is 0 Å². The van der Waals surface area contributed by atoms with Crippen LogP contribution in [0.3, 0.4) is 0 Å². The van der Waals surface area contributed by atoms with Gasteiger partial charge in [-0.15, -0.1) is 11.3 Å². The Hall–Kier alpha value is -3.61. The third kappa shape index (κ3) is 4.43. The molecule has 2 aromatic carbocycles. The summed E-state index contributed by atoms with van der Waals surface area (Å²) in [5, 5.41) is 22.7. The number of guanidine groups is 1. The fourth-order valence-electron chi connectivity index (χ4n) is 4.34. The number of nitrogens with one attached hydrogen (secondary N) is 2. The summed E-state index contributed by atoms with van der Waals surface area (Å²) in [5.74, 6) is -4.26. The predicted octanol–water partition coefficient (Wildman–Crippen LogP) is 5.02. The summed E-state index contributed by atoms with van der Waals surface area (Å²) >= 11 is 1.43. The van der Waals surface area contributed by atoms with Crippen LogP contribution in [0.4, 0.5) is 8.78 Å². The van der Waals surface area contributed by atoms with Crippen molar-refractivity contribution in [1.29, 1.82) is 10.7 Å². The lowest BCUT2D eigenvalue weighted by molar-refractivity contribution is -0.131. The number of halogens is 2. The smallest absolute Gasteiger partial charge is 0.296 e. The minimum atomic E-state index is -3.15. The van der Waals surface area contributed by atoms with Gasteiger partial charge in [0.2, 0.25) is 5.91 Å². The Morgan fingerprint density at radius 2 is 1.94 bits per heavy atom. The van der Waals surface area contributed by atoms with Crippen molar-refractivity contribution in [3.8, 4) is 17.2 Å². The van der Waals surface area contributed by atoms with Crippen LogP contribution < -0.4 is 5.32 Å². The number of amides is 1. The fraction of sp³-hybridized carbons (Fsp3) is 0.269. The SMILES string of the molecule is COCC(F)(F)c1ccc([C@H]2C(=O)N(C)C(=N)N[C@]2(C)c2cc(-c3cccc(C#N)c3)cs2)cc1. The molecule has 0 aliphatic carbocycles. The number of hydrogen-bond donors (Lipinski definition) is 2. The van der Waals surface area contributed by atoms with E-state index in [9.17, 15) is 18.8 Å². The summed E-state index contributed by atoms with van der Waals surface area (Å²) in [4.78, 5) is 15.4. The van der Waals surface area contributed by atoms with Gasteiger partial charge < -0.3 is 10.1 Å². The van der Waals surface area contributed by atoms with E-state index in [2.05, 4.69) is 16.1 Å². The Bertz CT molecular complexity index is 1320. The van der Waals surface area contributed by atoms with E-state index in [0.29, 0.717) is 11.1 Å². The van der Waals surface area contributed by atoms with E-state index in [1.807, 2.05) is 30.5 Å². The number of alkyl halides is 2. The van der Waals surface area contributed by atoms with Gasteiger partial charge in [-0.3, -0.25) is 15.1 Å². The largest absolute Gasteiger partial charge is 0.378 e. The first-order valence-corrected chi connectivity index (χ1v) is 11.7. The van der Waals surface area contributed by atoms with Gasteiger partial charge in [0.05, 0.1) is 23.1 Å². The van der Waals surface area contributed by atoms with Gasteiger partial charge >= 0.3 is 0 Å². The Balaban J connectivity index is 1.76. The highest BCUT2D eigenvalue weighted by molar-refractivity contribution is 7.10. The van der Waals surface area contributed by atoms with Gasteiger partial charge in [0.15, 0.2) is 5.96 Å². The quantitative estimate of drug-likeness (QED) is 0.504. The lowest BCUT2D eigenvalue weighted by atomic mass is 9.76. The molecule has 0 saturated carbocycles. The standard InChI is InChI=1S/C26H24F2N4O2S/c1-25(21-12-19(14-35-21)18-6-4-5-16(11-18)13-29)22(23(33)32(2)24(30)31-25)17-7-9-20(10-8-17)26(27,28)15-34-3/h4-12,14,22H,15H2,1-3H3,(H2,30,31)/t22-,25+/m0/s1. The summed E-state index contributed by atoms with van der Waals surface area (Å²) in [7, 11) is 2.73. The molecule has 1 aromatic heterocycles. The number of thiophene rings is 1. The Labute approximate surface area is 206 Å². The van der Waals surface area contributed by atoms with Crippen molar-refractivity contribution >= 4 is 23.2 Å². The first-order chi connectivity index (χ1) is 16.6. The second kappa shape index (κ2) is 9.21. The molecule has 3 aromatic rings. The number of nitriles is 1. The van der Waals surface area contributed by atoms with Crippen LogP contribution in [-0.2, 0) is 21.0 Å². The maximum atomic E-state index is 14.3. The van der Waals surface area contributed by atoms with Crippen molar-refractivity contribution in [1.82, 2.24) is 10.2 Å². The highest BCUT2D eigenvalue weighted by Crippen LogP contribution is 2.44. The van der Waals surface area contributed by atoms with Crippen molar-refractivity contribution in [3.05, 3.63) is 81.5 Å². The summed E-state index contributed by atoms with van der Waals surface area (Å²) in [6, 6.07) is 17.0. The zero-order valence-corrected chi connectivity index (χ0v) is 20.2. The average Bonchev–Trinajstić information content (AvgIpc) is 3.34. The molecule has 2 atom stereocenters. The molecule has 2 heterocycles. The van der Waals surface area contributed by atoms with E-state index in [1.165, 1.54) is 54.7 Å². The molecule has 0 unspecified atom stereocenters. The molecular weight excluding hydrogens is 470 g/mol. The predicted molar refractivity (Wildman–Crippen MR) is 130 cm³/mol. The zero-order valence-electron chi connectivity index (χ0n) is 19.4.